The molecule has 0 atom stereocenters. The number of hydrogen-bond acceptors (Lipinski definition) is 4. The average Bonchev–Trinajstić information content (AvgIpc) is 3.31. The van der Waals surface area contributed by atoms with Crippen LogP contribution >= 0.6 is 0 Å². The second-order valence-electron chi connectivity index (χ2n) is 9.18. The number of ketones is 1. The van der Waals surface area contributed by atoms with Gasteiger partial charge in [-0.15, -0.1) is 0 Å². The first-order valence-electron chi connectivity index (χ1n) is 12.0. The van der Waals surface area contributed by atoms with Gasteiger partial charge in [0.2, 0.25) is 0 Å². The number of aromatic nitrogens is 4. The summed E-state index contributed by atoms with van der Waals surface area (Å²) in [5.41, 5.74) is 1.25. The molecule has 0 aliphatic carbocycles. The van der Waals surface area contributed by atoms with E-state index in [4.69, 9.17) is 0 Å². The van der Waals surface area contributed by atoms with E-state index in [1.807, 2.05) is 18.2 Å². The van der Waals surface area contributed by atoms with Crippen LogP contribution in [0.5, 0.6) is 0 Å². The molecule has 5 rings (SSSR count). The van der Waals surface area contributed by atoms with Gasteiger partial charge in [0.05, 0.1) is 25.1 Å². The average molecular weight is 497 g/mol. The number of hydrogen-bond donors (Lipinski definition) is 0. The summed E-state index contributed by atoms with van der Waals surface area (Å²) in [5.74, 6) is -0.433. The molecule has 2 heterocycles. The zero-order valence-electron chi connectivity index (χ0n) is 20.5. The molecule has 186 valence electrons. The van der Waals surface area contributed by atoms with Crippen LogP contribution in [0.3, 0.4) is 0 Å². The van der Waals surface area contributed by atoms with Crippen LogP contribution in [-0.2, 0) is 13.1 Å². The smallest absolute Gasteiger partial charge is 0.317 e. The number of benzene rings is 3. The van der Waals surface area contributed by atoms with E-state index in [0.29, 0.717) is 17.2 Å². The molecule has 8 heteroatoms. The van der Waals surface area contributed by atoms with Crippen molar-refractivity contribution in [1.29, 1.82) is 0 Å². The summed E-state index contributed by atoms with van der Waals surface area (Å²) in [4.78, 5) is 44.6. The Kier molecular flexibility index (Phi) is 6.40. The summed E-state index contributed by atoms with van der Waals surface area (Å²) in [6.45, 7) is 3.74. The highest BCUT2D eigenvalue weighted by molar-refractivity contribution is 5.96. The Morgan fingerprint density at radius 1 is 0.919 bits per heavy atom. The minimum Gasteiger partial charge on any atom is -0.317 e. The molecule has 0 radical (unpaired) electrons. The van der Waals surface area contributed by atoms with Crippen LogP contribution in [0.4, 0.5) is 4.39 Å². The number of nitrogens with zero attached hydrogens (tertiary/aromatic N) is 4. The van der Waals surface area contributed by atoms with Gasteiger partial charge in [0.15, 0.2) is 16.9 Å². The topological polar surface area (TPSA) is 78.9 Å². The van der Waals surface area contributed by atoms with Crippen molar-refractivity contribution in [3.05, 3.63) is 129 Å². The number of imidazole rings is 1. The normalized spacial score (nSPS) is 11.4. The van der Waals surface area contributed by atoms with Crippen molar-refractivity contribution >= 4 is 16.9 Å². The fourth-order valence-electron chi connectivity index (χ4n) is 4.35. The number of carbonyl (C=O) groups excluding carboxylic acids is 1. The Bertz CT molecular complexity index is 1710. The third kappa shape index (κ3) is 4.53. The van der Waals surface area contributed by atoms with Crippen LogP contribution in [0.2, 0.25) is 0 Å². The Morgan fingerprint density at radius 2 is 1.59 bits per heavy atom. The number of halogens is 1. The molecule has 0 aliphatic heterocycles. The van der Waals surface area contributed by atoms with Crippen LogP contribution < -0.4 is 11.2 Å². The Labute approximate surface area is 212 Å². The van der Waals surface area contributed by atoms with Gasteiger partial charge in [-0.3, -0.25) is 14.2 Å². The highest BCUT2D eigenvalue weighted by atomic mass is 19.1. The molecule has 7 nitrogen and oxygen atoms in total. The number of carbonyl (C=O) groups is 1. The van der Waals surface area contributed by atoms with Crippen molar-refractivity contribution < 1.29 is 9.18 Å². The fourth-order valence-corrected chi connectivity index (χ4v) is 4.35. The van der Waals surface area contributed by atoms with Gasteiger partial charge in [0.25, 0.3) is 5.56 Å². The number of fused-ring (bicyclic) bond motifs is 1. The quantitative estimate of drug-likeness (QED) is 0.310. The molecule has 0 unspecified atom stereocenters. The summed E-state index contributed by atoms with van der Waals surface area (Å²) in [6.07, 6.45) is 1.39. The third-order valence-corrected chi connectivity index (χ3v) is 6.41. The van der Waals surface area contributed by atoms with Crippen LogP contribution in [-0.4, -0.2) is 24.5 Å². The van der Waals surface area contributed by atoms with Gasteiger partial charge in [-0.2, -0.15) is 0 Å². The summed E-state index contributed by atoms with van der Waals surface area (Å²) >= 11 is 0. The molecule has 0 amide bonds. The maximum Gasteiger partial charge on any atom is 0.337 e. The highest BCUT2D eigenvalue weighted by Gasteiger charge is 2.21. The minimum absolute atomic E-state index is 0.0909. The summed E-state index contributed by atoms with van der Waals surface area (Å²) in [5, 5.41) is 0. The lowest BCUT2D eigenvalue weighted by atomic mass is 10.0. The van der Waals surface area contributed by atoms with Gasteiger partial charge in [-0.1, -0.05) is 74.5 Å². The molecule has 0 fully saturated rings. The summed E-state index contributed by atoms with van der Waals surface area (Å²) < 4.78 is 18.3. The van der Waals surface area contributed by atoms with E-state index in [0.717, 1.165) is 10.1 Å². The zero-order chi connectivity index (χ0) is 26.1. The van der Waals surface area contributed by atoms with E-state index in [1.54, 1.807) is 48.5 Å². The van der Waals surface area contributed by atoms with Gasteiger partial charge >= 0.3 is 5.69 Å². The van der Waals surface area contributed by atoms with Crippen molar-refractivity contribution in [3.8, 4) is 5.69 Å². The van der Waals surface area contributed by atoms with Gasteiger partial charge < -0.3 is 4.57 Å². The maximum absolute atomic E-state index is 14.5. The van der Waals surface area contributed by atoms with E-state index < -0.39 is 17.1 Å². The lowest BCUT2D eigenvalue weighted by Gasteiger charge is -2.14. The van der Waals surface area contributed by atoms with Crippen LogP contribution in [0.1, 0.15) is 41.3 Å². The maximum atomic E-state index is 14.5. The standard InChI is InChI=1S/C29H25FN4O3/c1-19(2)20-12-14-23(15-13-20)34-27-26(32(18-31-27)17-25(35)21-8-4-3-5-9-21)28(36)33(29(34)37)16-22-10-6-7-11-24(22)30/h3-15,18-19H,16-17H2,1-2H3. The lowest BCUT2D eigenvalue weighted by molar-refractivity contribution is 0.0973. The van der Waals surface area contributed by atoms with E-state index >= 15 is 0 Å². The van der Waals surface area contributed by atoms with Gasteiger partial charge in [0.1, 0.15) is 5.82 Å². The second-order valence-corrected chi connectivity index (χ2v) is 9.18. The Balaban J connectivity index is 1.72. The van der Waals surface area contributed by atoms with Gasteiger partial charge in [-0.25, -0.2) is 18.7 Å². The molecule has 37 heavy (non-hydrogen) atoms. The molecule has 0 spiro atoms. The van der Waals surface area contributed by atoms with E-state index in [-0.39, 0.29) is 35.6 Å². The molecule has 5 aromatic rings. The number of rotatable bonds is 7. The van der Waals surface area contributed by atoms with Gasteiger partial charge in [-0.05, 0) is 29.7 Å². The van der Waals surface area contributed by atoms with Crippen molar-refractivity contribution in [3.63, 3.8) is 0 Å². The molecule has 0 saturated carbocycles. The molecule has 0 saturated heterocycles. The van der Waals surface area contributed by atoms with E-state index in [9.17, 15) is 18.8 Å². The zero-order valence-corrected chi connectivity index (χ0v) is 20.5. The van der Waals surface area contributed by atoms with Crippen molar-refractivity contribution in [2.75, 3.05) is 0 Å². The predicted octanol–water partition coefficient (Wildman–Crippen LogP) is 4.54. The van der Waals surface area contributed by atoms with Crippen LogP contribution in [0.25, 0.3) is 16.9 Å². The second kappa shape index (κ2) is 9.81. The molecular weight excluding hydrogens is 471 g/mol. The Hall–Kier alpha value is -4.59. The van der Waals surface area contributed by atoms with Crippen molar-refractivity contribution in [2.45, 2.75) is 32.9 Å². The molecule has 2 aromatic heterocycles. The highest BCUT2D eigenvalue weighted by Crippen LogP contribution is 2.19. The monoisotopic (exact) mass is 496 g/mol. The first-order valence-corrected chi connectivity index (χ1v) is 12.0. The first-order chi connectivity index (χ1) is 17.8. The summed E-state index contributed by atoms with van der Waals surface area (Å²) in [6, 6.07) is 22.2. The Morgan fingerprint density at radius 3 is 2.27 bits per heavy atom. The summed E-state index contributed by atoms with van der Waals surface area (Å²) in [7, 11) is 0. The van der Waals surface area contributed by atoms with Crippen LogP contribution in [0.15, 0.2) is 94.8 Å². The SMILES string of the molecule is CC(C)c1ccc(-n2c(=O)n(Cc3ccccc3F)c(=O)c3c2ncn3CC(=O)c2ccccc2)cc1. The molecule has 0 N–H and O–H groups in total. The van der Waals surface area contributed by atoms with Crippen molar-refractivity contribution in [1.82, 2.24) is 18.7 Å². The minimum atomic E-state index is -0.642. The molecular formula is C29H25FN4O3. The van der Waals surface area contributed by atoms with E-state index in [2.05, 4.69) is 18.8 Å². The van der Waals surface area contributed by atoms with Crippen molar-refractivity contribution in [2.24, 2.45) is 0 Å². The first kappa shape index (κ1) is 24.1. The molecule has 0 aliphatic rings. The van der Waals surface area contributed by atoms with E-state index in [1.165, 1.54) is 27.6 Å². The van der Waals surface area contributed by atoms with Crippen LogP contribution in [0, 0.1) is 5.82 Å². The molecule has 0 bridgehead atoms. The largest absolute Gasteiger partial charge is 0.337 e. The fraction of sp³-hybridized carbons (Fsp3) is 0.172. The van der Waals surface area contributed by atoms with Gasteiger partial charge in [0, 0.05) is 11.1 Å². The third-order valence-electron chi connectivity index (χ3n) is 6.41. The lowest BCUT2D eigenvalue weighted by Crippen LogP contribution is -2.40. The number of Topliss-reactive ketones (excluding diaryl/α,β-unsaturated/α-hetero) is 1. The predicted molar refractivity (Wildman–Crippen MR) is 140 cm³/mol. The molecule has 3 aromatic carbocycles.